The number of nitrogens with zero attached hydrogens (tertiary/aromatic N) is 3. The Morgan fingerprint density at radius 2 is 1.84 bits per heavy atom. The molecule has 0 bridgehead atoms. The first-order valence-corrected chi connectivity index (χ1v) is 7.98. The zero-order chi connectivity index (χ0) is 17.2. The van der Waals surface area contributed by atoms with Crippen LogP contribution in [-0.2, 0) is 0 Å². The standard InChI is InChI=1S/C18H14ClN5O/c1-25-16-8-11(6-7-13(16)19)12-9-20-17(21-10-12)24-18-22-14-4-2-3-5-15(14)23-18/h2-10H,1H3,(H2,20,21,22,23,24). The minimum Gasteiger partial charge on any atom is -0.495 e. The molecule has 7 heteroatoms. The SMILES string of the molecule is COc1cc(-c2cnc(Nc3nc4ccccc4[nH]3)nc2)ccc1Cl. The molecule has 0 aliphatic heterocycles. The van der Waals surface area contributed by atoms with Crippen molar-refractivity contribution in [3.63, 3.8) is 0 Å². The number of rotatable bonds is 4. The number of nitrogens with one attached hydrogen (secondary N) is 2. The summed E-state index contributed by atoms with van der Waals surface area (Å²) in [6.45, 7) is 0. The molecule has 0 unspecified atom stereocenters. The van der Waals surface area contributed by atoms with Crippen molar-refractivity contribution in [2.24, 2.45) is 0 Å². The Morgan fingerprint density at radius 1 is 1.04 bits per heavy atom. The molecule has 0 atom stereocenters. The quantitative estimate of drug-likeness (QED) is 0.569. The summed E-state index contributed by atoms with van der Waals surface area (Å²) in [5.41, 5.74) is 3.63. The number of fused-ring (bicyclic) bond motifs is 1. The van der Waals surface area contributed by atoms with Gasteiger partial charge in [0, 0.05) is 18.0 Å². The van der Waals surface area contributed by atoms with E-state index in [0.717, 1.165) is 22.2 Å². The van der Waals surface area contributed by atoms with E-state index in [2.05, 4.69) is 25.3 Å². The second-order valence-corrected chi connectivity index (χ2v) is 5.78. The van der Waals surface area contributed by atoms with Crippen LogP contribution >= 0.6 is 11.6 Å². The van der Waals surface area contributed by atoms with Crippen LogP contribution in [0.2, 0.25) is 5.02 Å². The Morgan fingerprint density at radius 3 is 2.60 bits per heavy atom. The first-order chi connectivity index (χ1) is 12.2. The highest BCUT2D eigenvalue weighted by atomic mass is 35.5. The molecule has 0 saturated heterocycles. The molecule has 0 spiro atoms. The zero-order valence-corrected chi connectivity index (χ0v) is 14.1. The van der Waals surface area contributed by atoms with Crippen molar-refractivity contribution < 1.29 is 4.74 Å². The summed E-state index contributed by atoms with van der Waals surface area (Å²) < 4.78 is 5.24. The number of aromatic nitrogens is 4. The Labute approximate surface area is 148 Å². The summed E-state index contributed by atoms with van der Waals surface area (Å²) in [6.07, 6.45) is 3.47. The summed E-state index contributed by atoms with van der Waals surface area (Å²) in [4.78, 5) is 16.3. The second-order valence-electron chi connectivity index (χ2n) is 5.37. The van der Waals surface area contributed by atoms with E-state index in [1.165, 1.54) is 0 Å². The molecule has 2 aromatic carbocycles. The van der Waals surface area contributed by atoms with Gasteiger partial charge in [-0.05, 0) is 29.8 Å². The fourth-order valence-corrected chi connectivity index (χ4v) is 2.69. The van der Waals surface area contributed by atoms with Gasteiger partial charge < -0.3 is 9.72 Å². The van der Waals surface area contributed by atoms with Gasteiger partial charge >= 0.3 is 0 Å². The maximum absolute atomic E-state index is 6.06. The molecule has 0 aliphatic rings. The topological polar surface area (TPSA) is 75.7 Å². The fraction of sp³-hybridized carbons (Fsp3) is 0.0556. The van der Waals surface area contributed by atoms with E-state index < -0.39 is 0 Å². The van der Waals surface area contributed by atoms with E-state index in [-0.39, 0.29) is 0 Å². The summed E-state index contributed by atoms with van der Waals surface area (Å²) in [6, 6.07) is 13.3. The molecule has 0 fully saturated rings. The Balaban J connectivity index is 1.57. The maximum Gasteiger partial charge on any atom is 0.229 e. The van der Waals surface area contributed by atoms with Crippen LogP contribution in [0.15, 0.2) is 54.9 Å². The first kappa shape index (κ1) is 15.4. The highest BCUT2D eigenvalue weighted by molar-refractivity contribution is 6.32. The van der Waals surface area contributed by atoms with E-state index in [0.29, 0.717) is 22.7 Å². The van der Waals surface area contributed by atoms with Gasteiger partial charge in [0.05, 0.1) is 23.2 Å². The van der Waals surface area contributed by atoms with Crippen LogP contribution in [0, 0.1) is 0 Å². The van der Waals surface area contributed by atoms with Crippen molar-refractivity contribution in [1.82, 2.24) is 19.9 Å². The van der Waals surface area contributed by atoms with Crippen LogP contribution < -0.4 is 10.1 Å². The van der Waals surface area contributed by atoms with Crippen molar-refractivity contribution in [1.29, 1.82) is 0 Å². The molecule has 2 N–H and O–H groups in total. The number of benzene rings is 2. The maximum atomic E-state index is 6.06. The van der Waals surface area contributed by atoms with Crippen molar-refractivity contribution in [3.8, 4) is 16.9 Å². The second kappa shape index (κ2) is 6.41. The van der Waals surface area contributed by atoms with Crippen molar-refractivity contribution in [3.05, 3.63) is 59.9 Å². The lowest BCUT2D eigenvalue weighted by Gasteiger charge is -2.07. The van der Waals surface area contributed by atoms with E-state index in [1.54, 1.807) is 25.6 Å². The van der Waals surface area contributed by atoms with Gasteiger partial charge in [-0.25, -0.2) is 15.0 Å². The van der Waals surface area contributed by atoms with Crippen LogP contribution in [0.3, 0.4) is 0 Å². The Bertz CT molecular complexity index is 996. The number of aromatic amines is 1. The Kier molecular flexibility index (Phi) is 3.95. The van der Waals surface area contributed by atoms with E-state index in [4.69, 9.17) is 16.3 Å². The molecule has 0 amide bonds. The molecule has 124 valence electrons. The number of imidazole rings is 1. The Hall–Kier alpha value is -3.12. The molecular formula is C18H14ClN5O. The van der Waals surface area contributed by atoms with Crippen LogP contribution in [0.25, 0.3) is 22.2 Å². The number of para-hydroxylation sites is 2. The van der Waals surface area contributed by atoms with E-state index >= 15 is 0 Å². The van der Waals surface area contributed by atoms with E-state index in [9.17, 15) is 0 Å². The number of H-pyrrole nitrogens is 1. The van der Waals surface area contributed by atoms with Crippen LogP contribution in [-0.4, -0.2) is 27.0 Å². The number of halogens is 1. The lowest BCUT2D eigenvalue weighted by Crippen LogP contribution is -1.98. The lowest BCUT2D eigenvalue weighted by molar-refractivity contribution is 0.415. The molecule has 2 heterocycles. The molecule has 4 aromatic rings. The van der Waals surface area contributed by atoms with Crippen LogP contribution in [0.4, 0.5) is 11.9 Å². The fourth-order valence-electron chi connectivity index (χ4n) is 2.50. The first-order valence-electron chi connectivity index (χ1n) is 7.60. The molecule has 0 saturated carbocycles. The van der Waals surface area contributed by atoms with Crippen molar-refractivity contribution in [2.75, 3.05) is 12.4 Å². The highest BCUT2D eigenvalue weighted by Crippen LogP contribution is 2.30. The monoisotopic (exact) mass is 351 g/mol. The van der Waals surface area contributed by atoms with Crippen LogP contribution in [0.1, 0.15) is 0 Å². The predicted octanol–water partition coefficient (Wildman–Crippen LogP) is 4.43. The molecular weight excluding hydrogens is 338 g/mol. The van der Waals surface area contributed by atoms with Gasteiger partial charge in [0.2, 0.25) is 11.9 Å². The molecule has 25 heavy (non-hydrogen) atoms. The van der Waals surface area contributed by atoms with Crippen molar-refractivity contribution in [2.45, 2.75) is 0 Å². The van der Waals surface area contributed by atoms with Gasteiger partial charge in [0.25, 0.3) is 0 Å². The summed E-state index contributed by atoms with van der Waals surface area (Å²) in [5.74, 6) is 1.68. The van der Waals surface area contributed by atoms with Gasteiger partial charge in [0.1, 0.15) is 5.75 Å². The molecule has 4 rings (SSSR count). The molecule has 2 aromatic heterocycles. The number of hydrogen-bond donors (Lipinski definition) is 2. The largest absolute Gasteiger partial charge is 0.495 e. The number of anilines is 2. The van der Waals surface area contributed by atoms with Gasteiger partial charge in [-0.15, -0.1) is 0 Å². The van der Waals surface area contributed by atoms with Gasteiger partial charge in [0.15, 0.2) is 0 Å². The average molecular weight is 352 g/mol. The van der Waals surface area contributed by atoms with Gasteiger partial charge in [-0.3, -0.25) is 5.32 Å². The smallest absolute Gasteiger partial charge is 0.229 e. The minimum absolute atomic E-state index is 0.462. The molecule has 6 nitrogen and oxygen atoms in total. The highest BCUT2D eigenvalue weighted by Gasteiger charge is 2.07. The zero-order valence-electron chi connectivity index (χ0n) is 13.3. The summed E-state index contributed by atoms with van der Waals surface area (Å²) >= 11 is 6.06. The lowest BCUT2D eigenvalue weighted by atomic mass is 10.1. The normalized spacial score (nSPS) is 10.8. The minimum atomic E-state index is 0.462. The molecule has 0 radical (unpaired) electrons. The summed E-state index contributed by atoms with van der Waals surface area (Å²) in [7, 11) is 1.59. The summed E-state index contributed by atoms with van der Waals surface area (Å²) in [5, 5.41) is 3.63. The van der Waals surface area contributed by atoms with Gasteiger partial charge in [-0.1, -0.05) is 29.8 Å². The third-order valence-corrected chi connectivity index (χ3v) is 4.07. The molecule has 0 aliphatic carbocycles. The number of methoxy groups -OCH3 is 1. The third-order valence-electron chi connectivity index (χ3n) is 3.76. The van der Waals surface area contributed by atoms with E-state index in [1.807, 2.05) is 36.4 Å². The third kappa shape index (κ3) is 3.12. The predicted molar refractivity (Wildman–Crippen MR) is 98.4 cm³/mol. The number of ether oxygens (including phenoxy) is 1. The van der Waals surface area contributed by atoms with Crippen LogP contribution in [0.5, 0.6) is 5.75 Å². The van der Waals surface area contributed by atoms with Crippen molar-refractivity contribution >= 4 is 34.5 Å². The average Bonchev–Trinajstić information content (AvgIpc) is 3.05. The number of hydrogen-bond acceptors (Lipinski definition) is 5. The van der Waals surface area contributed by atoms with Gasteiger partial charge in [-0.2, -0.15) is 0 Å².